The number of Topliss-reactive ketones (excluding diaryl/α,β-unsaturated/α-hetero) is 1. The molecule has 1 aliphatic heterocycles. The molecule has 1 saturated heterocycles. The first kappa shape index (κ1) is 14.1. The minimum atomic E-state index is -2.81. The molecule has 0 unspecified atom stereocenters. The molecule has 0 spiro atoms. The molecule has 104 valence electrons. The van der Waals surface area contributed by atoms with E-state index in [1.807, 2.05) is 7.05 Å². The van der Waals surface area contributed by atoms with Crippen LogP contribution in [0, 0.1) is 5.92 Å². The Balaban J connectivity index is 2.16. The summed E-state index contributed by atoms with van der Waals surface area (Å²) in [4.78, 5) is 13.2. The molecule has 0 amide bonds. The van der Waals surface area contributed by atoms with Crippen LogP contribution in [0.4, 0.5) is 8.78 Å². The summed E-state index contributed by atoms with van der Waals surface area (Å²) in [6, 6.07) is 5.74. The summed E-state index contributed by atoms with van der Waals surface area (Å²) in [6.07, 6.45) is 1.02. The Kier molecular flexibility index (Phi) is 3.99. The van der Waals surface area contributed by atoms with E-state index < -0.39 is 11.8 Å². The lowest BCUT2D eigenvalue weighted by Crippen LogP contribution is -2.37. The van der Waals surface area contributed by atoms with Gasteiger partial charge in [-0.2, -0.15) is 0 Å². The molecule has 1 aromatic carbocycles. The zero-order valence-corrected chi connectivity index (χ0v) is 11.3. The number of benzene rings is 1. The Morgan fingerprint density at radius 2 is 1.74 bits per heavy atom. The Bertz CT molecular complexity index is 448. The van der Waals surface area contributed by atoms with Crippen molar-refractivity contribution in [2.45, 2.75) is 25.7 Å². The number of carbonyl (C=O) groups excluding carboxylic acids is 1. The summed E-state index contributed by atoms with van der Waals surface area (Å²) < 4.78 is 28.8. The van der Waals surface area contributed by atoms with Crippen molar-refractivity contribution >= 4 is 5.78 Å². The molecule has 1 fully saturated rings. The number of nitrogens with zero attached hydrogens (tertiary/aromatic N) is 1. The first-order valence-electron chi connectivity index (χ1n) is 6.59. The van der Waals surface area contributed by atoms with Crippen molar-refractivity contribution in [3.63, 3.8) is 0 Å². The molecule has 1 aromatic rings. The van der Waals surface area contributed by atoms with Gasteiger partial charge in [0.05, 0.1) is 0 Å². The van der Waals surface area contributed by atoms with Gasteiger partial charge >= 0.3 is 0 Å². The van der Waals surface area contributed by atoms with Gasteiger partial charge in [0, 0.05) is 17.0 Å². The summed E-state index contributed by atoms with van der Waals surface area (Å²) in [5.74, 6) is -3.52. The molecule has 19 heavy (non-hydrogen) atoms. The van der Waals surface area contributed by atoms with Crippen LogP contribution in [-0.4, -0.2) is 30.8 Å². The van der Waals surface area contributed by atoms with Gasteiger partial charge in [-0.1, -0.05) is 24.3 Å². The standard InChI is InChI=1S/C15H19F2NO/c1-11(19)12-3-5-13(6-4-12)15(16,17)14-7-9-18(2)10-8-14/h3-6,14H,7-10H2,1-2H3. The van der Waals surface area contributed by atoms with E-state index >= 15 is 0 Å². The second-order valence-corrected chi connectivity index (χ2v) is 5.33. The molecule has 2 rings (SSSR count). The molecule has 0 aromatic heterocycles. The lowest BCUT2D eigenvalue weighted by Gasteiger charge is -2.34. The molecule has 0 saturated carbocycles. The number of hydrogen-bond acceptors (Lipinski definition) is 2. The van der Waals surface area contributed by atoms with E-state index in [9.17, 15) is 13.6 Å². The molecule has 0 aliphatic carbocycles. The predicted octanol–water partition coefficient (Wildman–Crippen LogP) is 3.32. The first-order chi connectivity index (χ1) is 8.91. The molecule has 0 bridgehead atoms. The normalized spacial score (nSPS) is 18.5. The lowest BCUT2D eigenvalue weighted by atomic mass is 9.86. The van der Waals surface area contributed by atoms with Crippen LogP contribution in [0.3, 0.4) is 0 Å². The van der Waals surface area contributed by atoms with Crippen LogP contribution in [-0.2, 0) is 5.92 Å². The molecule has 2 nitrogen and oxygen atoms in total. The number of rotatable bonds is 3. The zero-order valence-electron chi connectivity index (χ0n) is 11.3. The average Bonchev–Trinajstić information content (AvgIpc) is 2.39. The van der Waals surface area contributed by atoms with Gasteiger partial charge in [0.15, 0.2) is 5.78 Å². The minimum absolute atomic E-state index is 0.0204. The summed E-state index contributed by atoms with van der Waals surface area (Å²) in [5.41, 5.74) is 0.495. The quantitative estimate of drug-likeness (QED) is 0.783. The highest BCUT2D eigenvalue weighted by molar-refractivity contribution is 5.94. The number of ketones is 1. The molecular formula is C15H19F2NO. The summed E-state index contributed by atoms with van der Waals surface area (Å²) in [5, 5.41) is 0. The second-order valence-electron chi connectivity index (χ2n) is 5.33. The summed E-state index contributed by atoms with van der Waals surface area (Å²) >= 11 is 0. The maximum absolute atomic E-state index is 14.4. The molecular weight excluding hydrogens is 248 g/mol. The van der Waals surface area contributed by atoms with Gasteiger partial charge in [0.1, 0.15) is 0 Å². The Morgan fingerprint density at radius 1 is 1.21 bits per heavy atom. The Morgan fingerprint density at radius 3 is 2.21 bits per heavy atom. The van der Waals surface area contributed by atoms with Crippen molar-refractivity contribution in [3.05, 3.63) is 35.4 Å². The maximum Gasteiger partial charge on any atom is 0.276 e. The molecule has 0 N–H and O–H groups in total. The molecule has 0 atom stereocenters. The van der Waals surface area contributed by atoms with Crippen molar-refractivity contribution in [2.75, 3.05) is 20.1 Å². The van der Waals surface area contributed by atoms with Crippen molar-refractivity contribution in [2.24, 2.45) is 5.92 Å². The van der Waals surface area contributed by atoms with Gasteiger partial charge < -0.3 is 4.90 Å². The first-order valence-corrected chi connectivity index (χ1v) is 6.59. The Labute approximate surface area is 112 Å². The minimum Gasteiger partial charge on any atom is -0.306 e. The Hall–Kier alpha value is -1.29. The molecule has 4 heteroatoms. The van der Waals surface area contributed by atoms with Gasteiger partial charge in [-0.05, 0) is 39.9 Å². The third-order valence-electron chi connectivity index (χ3n) is 3.91. The zero-order chi connectivity index (χ0) is 14.0. The summed E-state index contributed by atoms with van der Waals surface area (Å²) in [7, 11) is 1.95. The fourth-order valence-electron chi connectivity index (χ4n) is 2.53. The number of alkyl halides is 2. The van der Waals surface area contributed by atoms with Crippen LogP contribution in [0.1, 0.15) is 35.7 Å². The fraction of sp³-hybridized carbons (Fsp3) is 0.533. The van der Waals surface area contributed by atoms with Crippen LogP contribution < -0.4 is 0 Å². The number of hydrogen-bond donors (Lipinski definition) is 0. The van der Waals surface area contributed by atoms with Crippen molar-refractivity contribution in [1.82, 2.24) is 4.90 Å². The molecule has 1 aliphatic rings. The van der Waals surface area contributed by atoms with E-state index in [1.54, 1.807) is 0 Å². The summed E-state index contributed by atoms with van der Waals surface area (Å²) in [6.45, 7) is 2.86. The highest BCUT2D eigenvalue weighted by atomic mass is 19.3. The molecule has 0 radical (unpaired) electrons. The van der Waals surface area contributed by atoms with E-state index in [-0.39, 0.29) is 11.3 Å². The van der Waals surface area contributed by atoms with Gasteiger partial charge in [0.25, 0.3) is 5.92 Å². The van der Waals surface area contributed by atoms with Gasteiger partial charge in [-0.3, -0.25) is 4.79 Å². The number of halogens is 2. The SMILES string of the molecule is CC(=O)c1ccc(C(F)(F)C2CCN(C)CC2)cc1. The smallest absolute Gasteiger partial charge is 0.276 e. The van der Waals surface area contributed by atoms with E-state index in [4.69, 9.17) is 0 Å². The van der Waals surface area contributed by atoms with E-state index in [0.717, 1.165) is 0 Å². The van der Waals surface area contributed by atoms with Crippen LogP contribution in [0.15, 0.2) is 24.3 Å². The van der Waals surface area contributed by atoms with Crippen LogP contribution in [0.2, 0.25) is 0 Å². The van der Waals surface area contributed by atoms with Gasteiger partial charge in [0.2, 0.25) is 0 Å². The number of likely N-dealkylation sites (tertiary alicyclic amines) is 1. The second kappa shape index (κ2) is 5.37. The van der Waals surface area contributed by atoms with Crippen molar-refractivity contribution in [1.29, 1.82) is 0 Å². The predicted molar refractivity (Wildman–Crippen MR) is 70.6 cm³/mol. The third kappa shape index (κ3) is 3.00. The van der Waals surface area contributed by atoms with Crippen LogP contribution >= 0.6 is 0 Å². The fourth-order valence-corrected chi connectivity index (χ4v) is 2.53. The highest BCUT2D eigenvalue weighted by Crippen LogP contribution is 2.41. The van der Waals surface area contributed by atoms with E-state index in [0.29, 0.717) is 31.5 Å². The average molecular weight is 267 g/mol. The number of piperidine rings is 1. The van der Waals surface area contributed by atoms with E-state index in [1.165, 1.54) is 31.2 Å². The van der Waals surface area contributed by atoms with Gasteiger partial charge in [-0.15, -0.1) is 0 Å². The lowest BCUT2D eigenvalue weighted by molar-refractivity contribution is -0.0837. The maximum atomic E-state index is 14.4. The van der Waals surface area contributed by atoms with E-state index in [2.05, 4.69) is 4.90 Å². The molecule has 1 heterocycles. The monoisotopic (exact) mass is 267 g/mol. The largest absolute Gasteiger partial charge is 0.306 e. The van der Waals surface area contributed by atoms with Gasteiger partial charge in [-0.25, -0.2) is 8.78 Å². The van der Waals surface area contributed by atoms with Crippen LogP contribution in [0.25, 0.3) is 0 Å². The number of carbonyl (C=O) groups is 1. The van der Waals surface area contributed by atoms with Crippen molar-refractivity contribution in [3.8, 4) is 0 Å². The van der Waals surface area contributed by atoms with Crippen LogP contribution in [0.5, 0.6) is 0 Å². The highest BCUT2D eigenvalue weighted by Gasteiger charge is 2.42. The topological polar surface area (TPSA) is 20.3 Å². The van der Waals surface area contributed by atoms with Crippen molar-refractivity contribution < 1.29 is 13.6 Å². The third-order valence-corrected chi connectivity index (χ3v) is 3.91.